The summed E-state index contributed by atoms with van der Waals surface area (Å²) in [6.07, 6.45) is 5.54. The molecule has 2 N–H and O–H groups in total. The lowest BCUT2D eigenvalue weighted by Gasteiger charge is -2.18. The molecule has 0 fully saturated rings. The van der Waals surface area contributed by atoms with Crippen LogP contribution in [0.25, 0.3) is 5.82 Å². The lowest BCUT2D eigenvalue weighted by Crippen LogP contribution is -2.41. The second-order valence-electron chi connectivity index (χ2n) is 6.87. The smallest absolute Gasteiger partial charge is 0.191 e. The fourth-order valence-corrected chi connectivity index (χ4v) is 2.88. The molecule has 1 unspecified atom stereocenters. The lowest BCUT2D eigenvalue weighted by molar-refractivity contribution is 0.222. The molecular weight excluding hydrogens is 364 g/mol. The molecule has 152 valence electrons. The Morgan fingerprint density at radius 2 is 1.97 bits per heavy atom. The number of aromatic nitrogens is 3. The van der Waals surface area contributed by atoms with Gasteiger partial charge in [-0.15, -0.1) is 0 Å². The summed E-state index contributed by atoms with van der Waals surface area (Å²) in [5.41, 5.74) is 2.20. The van der Waals surface area contributed by atoms with Crippen molar-refractivity contribution in [2.45, 2.75) is 33.4 Å². The van der Waals surface area contributed by atoms with Gasteiger partial charge in [0.25, 0.3) is 0 Å². The van der Waals surface area contributed by atoms with Crippen molar-refractivity contribution >= 4 is 5.96 Å². The van der Waals surface area contributed by atoms with Crippen LogP contribution in [0.15, 0.2) is 60.0 Å². The summed E-state index contributed by atoms with van der Waals surface area (Å²) in [4.78, 5) is 13.0. The summed E-state index contributed by atoms with van der Waals surface area (Å²) >= 11 is 0. The predicted octanol–water partition coefficient (Wildman–Crippen LogP) is 3.02. The minimum Gasteiger partial charge on any atom is -0.489 e. The molecule has 0 bridgehead atoms. The molecule has 0 aliphatic carbocycles. The highest BCUT2D eigenvalue weighted by Gasteiger charge is 2.08. The Morgan fingerprint density at radius 3 is 2.62 bits per heavy atom. The summed E-state index contributed by atoms with van der Waals surface area (Å²) in [6.45, 7) is 7.31. The summed E-state index contributed by atoms with van der Waals surface area (Å²) in [5, 5.41) is 6.61. The van der Waals surface area contributed by atoms with E-state index in [9.17, 15) is 0 Å². The van der Waals surface area contributed by atoms with Gasteiger partial charge in [0.15, 0.2) is 5.96 Å². The molecule has 1 aromatic carbocycles. The van der Waals surface area contributed by atoms with Gasteiger partial charge in [-0.3, -0.25) is 9.56 Å². The Labute approximate surface area is 171 Å². The molecule has 3 rings (SSSR count). The topological polar surface area (TPSA) is 76.4 Å². The van der Waals surface area contributed by atoms with Gasteiger partial charge in [0, 0.05) is 32.2 Å². The Bertz CT molecular complexity index is 948. The van der Waals surface area contributed by atoms with Gasteiger partial charge < -0.3 is 15.4 Å². The van der Waals surface area contributed by atoms with Crippen molar-refractivity contribution in [3.05, 3.63) is 71.9 Å². The van der Waals surface area contributed by atoms with Crippen molar-refractivity contribution in [1.29, 1.82) is 0 Å². The summed E-state index contributed by atoms with van der Waals surface area (Å²) < 4.78 is 7.95. The number of pyridine rings is 1. The number of rotatable bonds is 7. The molecule has 7 heteroatoms. The van der Waals surface area contributed by atoms with Crippen LogP contribution in [0.3, 0.4) is 0 Å². The van der Waals surface area contributed by atoms with E-state index in [0.29, 0.717) is 13.1 Å². The van der Waals surface area contributed by atoms with Gasteiger partial charge in [0.05, 0.1) is 6.54 Å². The Hall–Kier alpha value is -3.35. The van der Waals surface area contributed by atoms with Gasteiger partial charge in [-0.2, -0.15) is 0 Å². The van der Waals surface area contributed by atoms with E-state index in [-0.39, 0.29) is 6.10 Å². The first-order valence-electron chi connectivity index (χ1n) is 9.69. The fourth-order valence-electron chi connectivity index (χ4n) is 2.88. The van der Waals surface area contributed by atoms with Crippen molar-refractivity contribution in [1.82, 2.24) is 25.2 Å². The number of para-hydroxylation sites is 1. The first-order chi connectivity index (χ1) is 14.1. The standard InChI is InChI=1S/C22H28N6O/c1-16-7-5-6-8-20(16)29-17(2)13-26-22(23-4)27-15-19-9-10-21(25-14-19)28-12-11-24-18(28)3/h5-12,14,17H,13,15H2,1-4H3,(H2,23,26,27). The number of ether oxygens (including phenoxy) is 1. The van der Waals surface area contributed by atoms with Gasteiger partial charge in [-0.25, -0.2) is 9.97 Å². The summed E-state index contributed by atoms with van der Waals surface area (Å²) in [5.74, 6) is 3.40. The molecule has 0 saturated carbocycles. The number of benzene rings is 1. The van der Waals surface area contributed by atoms with E-state index in [1.165, 1.54) is 0 Å². The molecule has 0 saturated heterocycles. The highest BCUT2D eigenvalue weighted by Crippen LogP contribution is 2.17. The van der Waals surface area contributed by atoms with Crippen LogP contribution in [0, 0.1) is 13.8 Å². The SMILES string of the molecule is CN=C(NCc1ccc(-n2ccnc2C)nc1)NCC(C)Oc1ccccc1C. The molecule has 2 heterocycles. The maximum atomic E-state index is 6.00. The van der Waals surface area contributed by atoms with Gasteiger partial charge in [0.2, 0.25) is 0 Å². The lowest BCUT2D eigenvalue weighted by atomic mass is 10.2. The largest absolute Gasteiger partial charge is 0.489 e. The molecule has 0 aliphatic heterocycles. The molecule has 2 aromatic heterocycles. The van der Waals surface area contributed by atoms with Crippen LogP contribution in [-0.2, 0) is 6.54 Å². The third kappa shape index (κ3) is 5.57. The zero-order chi connectivity index (χ0) is 20.6. The third-order valence-corrected chi connectivity index (χ3v) is 4.54. The molecule has 3 aromatic rings. The number of hydrogen-bond acceptors (Lipinski definition) is 4. The molecule has 1 atom stereocenters. The van der Waals surface area contributed by atoms with Crippen LogP contribution in [0.1, 0.15) is 23.9 Å². The van der Waals surface area contributed by atoms with E-state index < -0.39 is 0 Å². The molecule has 0 spiro atoms. The van der Waals surface area contributed by atoms with Crippen molar-refractivity contribution in [2.75, 3.05) is 13.6 Å². The molecule has 7 nitrogen and oxygen atoms in total. The molecule has 29 heavy (non-hydrogen) atoms. The van der Waals surface area contributed by atoms with Crippen LogP contribution in [0.5, 0.6) is 5.75 Å². The zero-order valence-electron chi connectivity index (χ0n) is 17.4. The molecule has 0 radical (unpaired) electrons. The van der Waals surface area contributed by atoms with E-state index in [2.05, 4.69) is 25.6 Å². The quantitative estimate of drug-likeness (QED) is 0.477. The van der Waals surface area contributed by atoms with Crippen molar-refractivity contribution in [3.63, 3.8) is 0 Å². The molecule has 0 amide bonds. The van der Waals surface area contributed by atoms with Crippen LogP contribution >= 0.6 is 0 Å². The van der Waals surface area contributed by atoms with Crippen molar-refractivity contribution in [3.8, 4) is 11.6 Å². The summed E-state index contributed by atoms with van der Waals surface area (Å²) in [6, 6.07) is 12.1. The highest BCUT2D eigenvalue weighted by atomic mass is 16.5. The van der Waals surface area contributed by atoms with E-state index in [1.54, 1.807) is 13.2 Å². The number of nitrogens with one attached hydrogen (secondary N) is 2. The number of imidazole rings is 1. The average Bonchev–Trinajstić information content (AvgIpc) is 3.16. The molecular formula is C22H28N6O. The van der Waals surface area contributed by atoms with E-state index in [4.69, 9.17) is 4.74 Å². The monoisotopic (exact) mass is 392 g/mol. The zero-order valence-corrected chi connectivity index (χ0v) is 17.4. The van der Waals surface area contributed by atoms with Crippen molar-refractivity contribution < 1.29 is 4.74 Å². The predicted molar refractivity (Wildman–Crippen MR) is 116 cm³/mol. The fraction of sp³-hybridized carbons (Fsp3) is 0.318. The number of aliphatic imine (C=N–C) groups is 1. The van der Waals surface area contributed by atoms with Gasteiger partial charge in [0.1, 0.15) is 23.5 Å². The van der Waals surface area contributed by atoms with E-state index >= 15 is 0 Å². The Morgan fingerprint density at radius 1 is 1.14 bits per heavy atom. The maximum Gasteiger partial charge on any atom is 0.191 e. The second kappa shape index (κ2) is 9.73. The van der Waals surface area contributed by atoms with Crippen molar-refractivity contribution in [2.24, 2.45) is 4.99 Å². The average molecular weight is 393 g/mol. The molecule has 0 aliphatic rings. The number of nitrogens with zero attached hydrogens (tertiary/aromatic N) is 4. The van der Waals surface area contributed by atoms with Gasteiger partial charge in [-0.05, 0) is 44.0 Å². The van der Waals surface area contributed by atoms with Gasteiger partial charge >= 0.3 is 0 Å². The minimum atomic E-state index is 0.00835. The van der Waals surface area contributed by atoms with Gasteiger partial charge in [-0.1, -0.05) is 24.3 Å². The summed E-state index contributed by atoms with van der Waals surface area (Å²) in [7, 11) is 1.76. The normalized spacial score (nSPS) is 12.5. The van der Waals surface area contributed by atoms with Crippen LogP contribution in [0.2, 0.25) is 0 Å². The van der Waals surface area contributed by atoms with E-state index in [0.717, 1.165) is 34.5 Å². The van der Waals surface area contributed by atoms with E-state index in [1.807, 2.05) is 74.1 Å². The number of guanidine groups is 1. The number of hydrogen-bond donors (Lipinski definition) is 2. The minimum absolute atomic E-state index is 0.00835. The number of aryl methyl sites for hydroxylation is 2. The first kappa shape index (κ1) is 20.4. The third-order valence-electron chi connectivity index (χ3n) is 4.54. The second-order valence-corrected chi connectivity index (χ2v) is 6.87. The highest BCUT2D eigenvalue weighted by molar-refractivity contribution is 5.79. The van der Waals surface area contributed by atoms with Crippen LogP contribution in [-0.4, -0.2) is 40.2 Å². The Kier molecular flexibility index (Phi) is 6.84. The Balaban J connectivity index is 1.48. The van der Waals surface area contributed by atoms with Crippen LogP contribution in [0.4, 0.5) is 0 Å². The maximum absolute atomic E-state index is 6.00. The first-order valence-corrected chi connectivity index (χ1v) is 9.69. The van der Waals surface area contributed by atoms with Crippen LogP contribution < -0.4 is 15.4 Å².